The van der Waals surface area contributed by atoms with E-state index in [2.05, 4.69) is 10.4 Å². The summed E-state index contributed by atoms with van der Waals surface area (Å²) in [6, 6.07) is 15.1. The van der Waals surface area contributed by atoms with E-state index in [0.717, 1.165) is 11.3 Å². The molecule has 0 radical (unpaired) electrons. The van der Waals surface area contributed by atoms with Crippen molar-refractivity contribution >= 4 is 12.0 Å². The zero-order chi connectivity index (χ0) is 15.9. The minimum absolute atomic E-state index is 0.155. The Labute approximate surface area is 134 Å². The summed E-state index contributed by atoms with van der Waals surface area (Å²) in [7, 11) is 0. The molecule has 1 amide bonds. The highest BCUT2D eigenvalue weighted by atomic mass is 16.3. The number of hydrogen-bond acceptors (Lipinski definition) is 3. The van der Waals surface area contributed by atoms with Crippen LogP contribution in [0, 0.1) is 0 Å². The molecule has 0 unspecified atom stereocenters. The molecule has 116 valence electrons. The molecule has 0 aliphatic rings. The van der Waals surface area contributed by atoms with Crippen LogP contribution in [0.25, 0.3) is 6.08 Å². The zero-order valence-corrected chi connectivity index (χ0v) is 12.5. The topological polar surface area (TPSA) is 60.1 Å². The smallest absolute Gasteiger partial charge is 0.244 e. The molecule has 0 aliphatic heterocycles. The van der Waals surface area contributed by atoms with E-state index < -0.39 is 0 Å². The van der Waals surface area contributed by atoms with Crippen LogP contribution in [0.15, 0.2) is 77.7 Å². The van der Waals surface area contributed by atoms with Crippen LogP contribution in [0.3, 0.4) is 0 Å². The predicted molar refractivity (Wildman–Crippen MR) is 87.6 cm³/mol. The quantitative estimate of drug-likeness (QED) is 0.712. The first kappa shape index (κ1) is 14.8. The van der Waals surface area contributed by atoms with Gasteiger partial charge in [-0.2, -0.15) is 5.10 Å². The van der Waals surface area contributed by atoms with Crippen molar-refractivity contribution in [2.24, 2.45) is 0 Å². The van der Waals surface area contributed by atoms with Gasteiger partial charge in [0.1, 0.15) is 11.8 Å². The minimum Gasteiger partial charge on any atom is -0.467 e. The molecule has 3 aromatic rings. The summed E-state index contributed by atoms with van der Waals surface area (Å²) in [6.45, 7) is 0.396. The number of nitrogens with zero attached hydrogens (tertiary/aromatic N) is 2. The molecule has 5 nitrogen and oxygen atoms in total. The molecule has 0 fully saturated rings. The van der Waals surface area contributed by atoms with Gasteiger partial charge in [0.05, 0.1) is 6.26 Å². The number of aromatic nitrogens is 2. The largest absolute Gasteiger partial charge is 0.467 e. The van der Waals surface area contributed by atoms with Crippen LogP contribution in [-0.2, 0) is 4.79 Å². The first-order valence-electron chi connectivity index (χ1n) is 7.36. The average Bonchev–Trinajstić information content (AvgIpc) is 3.28. The van der Waals surface area contributed by atoms with E-state index in [1.807, 2.05) is 54.7 Å². The molecule has 0 saturated carbocycles. The van der Waals surface area contributed by atoms with Crippen molar-refractivity contribution in [1.29, 1.82) is 0 Å². The summed E-state index contributed by atoms with van der Waals surface area (Å²) in [5, 5.41) is 7.11. The van der Waals surface area contributed by atoms with Gasteiger partial charge in [-0.05, 0) is 29.8 Å². The number of benzene rings is 1. The van der Waals surface area contributed by atoms with Gasteiger partial charge in [0.2, 0.25) is 5.91 Å². The third-order valence-electron chi connectivity index (χ3n) is 3.41. The Kier molecular flexibility index (Phi) is 4.69. The number of carbonyl (C=O) groups is 1. The van der Waals surface area contributed by atoms with Crippen molar-refractivity contribution in [3.05, 3.63) is 84.6 Å². The van der Waals surface area contributed by atoms with E-state index in [1.165, 1.54) is 6.08 Å². The Hall–Kier alpha value is -3.08. The maximum Gasteiger partial charge on any atom is 0.244 e. The van der Waals surface area contributed by atoms with Gasteiger partial charge >= 0.3 is 0 Å². The Morgan fingerprint density at radius 3 is 2.78 bits per heavy atom. The number of carbonyl (C=O) groups excluding carboxylic acids is 1. The lowest BCUT2D eigenvalue weighted by molar-refractivity contribution is -0.116. The number of nitrogens with one attached hydrogen (secondary N) is 1. The molecule has 2 aromatic heterocycles. The summed E-state index contributed by atoms with van der Waals surface area (Å²) >= 11 is 0. The molecule has 5 heteroatoms. The molecule has 1 atom stereocenters. The van der Waals surface area contributed by atoms with E-state index in [1.54, 1.807) is 23.2 Å². The summed E-state index contributed by atoms with van der Waals surface area (Å²) in [5.41, 5.74) is 0.984. The van der Waals surface area contributed by atoms with Gasteiger partial charge in [-0.3, -0.25) is 9.48 Å². The van der Waals surface area contributed by atoms with Gasteiger partial charge in [0.25, 0.3) is 0 Å². The zero-order valence-electron chi connectivity index (χ0n) is 12.5. The standard InChI is InChI=1S/C18H17N3O2/c22-18(10-9-15-6-2-1-3-7-15)19-14-16(17-8-4-13-23-17)21-12-5-11-20-21/h1-13,16H,14H2,(H,19,22)/b10-9+/t16-/m1/s1. The van der Waals surface area contributed by atoms with Gasteiger partial charge in [-0.25, -0.2) is 0 Å². The molecule has 1 N–H and O–H groups in total. The fourth-order valence-electron chi connectivity index (χ4n) is 2.26. The molecular formula is C18H17N3O2. The van der Waals surface area contributed by atoms with E-state index in [0.29, 0.717) is 6.54 Å². The number of hydrogen-bond donors (Lipinski definition) is 1. The van der Waals surface area contributed by atoms with Crippen LogP contribution >= 0.6 is 0 Å². The lowest BCUT2D eigenvalue weighted by atomic mass is 10.2. The minimum atomic E-state index is -0.172. The number of amides is 1. The highest BCUT2D eigenvalue weighted by Crippen LogP contribution is 2.17. The molecule has 1 aromatic carbocycles. The van der Waals surface area contributed by atoms with Crippen molar-refractivity contribution in [3.8, 4) is 0 Å². The molecule has 0 saturated heterocycles. The highest BCUT2D eigenvalue weighted by molar-refractivity contribution is 5.91. The van der Waals surface area contributed by atoms with E-state index >= 15 is 0 Å². The second-order valence-corrected chi connectivity index (χ2v) is 5.01. The summed E-state index contributed by atoms with van der Waals surface area (Å²) in [4.78, 5) is 12.0. The molecule has 0 bridgehead atoms. The molecular weight excluding hydrogens is 290 g/mol. The fourth-order valence-corrected chi connectivity index (χ4v) is 2.26. The van der Waals surface area contributed by atoms with Crippen LogP contribution in [0.2, 0.25) is 0 Å². The van der Waals surface area contributed by atoms with Crippen LogP contribution in [0.1, 0.15) is 17.4 Å². The first-order valence-corrected chi connectivity index (χ1v) is 7.36. The number of rotatable bonds is 6. The lowest BCUT2D eigenvalue weighted by Crippen LogP contribution is -2.30. The molecule has 23 heavy (non-hydrogen) atoms. The predicted octanol–water partition coefficient (Wildman–Crippen LogP) is 2.90. The second-order valence-electron chi connectivity index (χ2n) is 5.01. The summed E-state index contributed by atoms with van der Waals surface area (Å²) in [6.07, 6.45) is 8.47. The third kappa shape index (κ3) is 3.97. The normalized spacial score (nSPS) is 12.3. The van der Waals surface area contributed by atoms with E-state index in [-0.39, 0.29) is 11.9 Å². The highest BCUT2D eigenvalue weighted by Gasteiger charge is 2.17. The number of furan rings is 1. The molecule has 0 aliphatic carbocycles. The van der Waals surface area contributed by atoms with Crippen LogP contribution in [-0.4, -0.2) is 22.2 Å². The van der Waals surface area contributed by atoms with Gasteiger partial charge in [-0.15, -0.1) is 0 Å². The first-order chi connectivity index (χ1) is 11.3. The van der Waals surface area contributed by atoms with Crippen molar-refractivity contribution < 1.29 is 9.21 Å². The van der Waals surface area contributed by atoms with Crippen molar-refractivity contribution in [2.75, 3.05) is 6.54 Å². The van der Waals surface area contributed by atoms with Crippen LogP contribution in [0.5, 0.6) is 0 Å². The molecule has 2 heterocycles. The van der Waals surface area contributed by atoms with E-state index in [9.17, 15) is 4.79 Å². The maximum atomic E-state index is 12.0. The SMILES string of the molecule is O=C(/C=C/c1ccccc1)NC[C@H](c1ccco1)n1cccn1. The van der Waals surface area contributed by atoms with Crippen molar-refractivity contribution in [1.82, 2.24) is 15.1 Å². The van der Waals surface area contributed by atoms with Crippen LogP contribution in [0.4, 0.5) is 0 Å². The van der Waals surface area contributed by atoms with Gasteiger partial charge in [0, 0.05) is 25.0 Å². The Balaban J connectivity index is 1.63. The van der Waals surface area contributed by atoms with E-state index in [4.69, 9.17) is 4.42 Å². The van der Waals surface area contributed by atoms with Gasteiger partial charge in [0.15, 0.2) is 0 Å². The summed E-state index contributed by atoms with van der Waals surface area (Å²) < 4.78 is 7.21. The Morgan fingerprint density at radius 2 is 2.09 bits per heavy atom. The third-order valence-corrected chi connectivity index (χ3v) is 3.41. The molecule has 3 rings (SSSR count). The summed E-state index contributed by atoms with van der Waals surface area (Å²) in [5.74, 6) is 0.596. The van der Waals surface area contributed by atoms with Gasteiger partial charge in [-0.1, -0.05) is 30.3 Å². The Morgan fingerprint density at radius 1 is 1.22 bits per heavy atom. The molecule has 0 spiro atoms. The van der Waals surface area contributed by atoms with Crippen molar-refractivity contribution in [3.63, 3.8) is 0 Å². The van der Waals surface area contributed by atoms with Crippen LogP contribution < -0.4 is 5.32 Å². The Bertz CT molecular complexity index is 713. The van der Waals surface area contributed by atoms with Gasteiger partial charge < -0.3 is 9.73 Å². The monoisotopic (exact) mass is 307 g/mol. The average molecular weight is 307 g/mol. The maximum absolute atomic E-state index is 12.0. The lowest BCUT2D eigenvalue weighted by Gasteiger charge is -2.15. The van der Waals surface area contributed by atoms with Crippen molar-refractivity contribution in [2.45, 2.75) is 6.04 Å². The second kappa shape index (κ2) is 7.26. The fraction of sp³-hybridized carbons (Fsp3) is 0.111.